The number of carbonyl (C=O) groups excluding carboxylic acids is 1. The molecule has 4 N–H and O–H groups in total. The van der Waals surface area contributed by atoms with Gasteiger partial charge in [0.05, 0.1) is 12.1 Å². The van der Waals surface area contributed by atoms with Gasteiger partial charge in [-0.1, -0.05) is 60.7 Å². The lowest BCUT2D eigenvalue weighted by molar-refractivity contribution is -0.124. The van der Waals surface area contributed by atoms with Crippen LogP contribution in [0.4, 0.5) is 0 Å². The molecule has 4 rings (SSSR count). The number of carbonyl (C=O) groups is 1. The van der Waals surface area contributed by atoms with Gasteiger partial charge in [0.25, 0.3) is 0 Å². The lowest BCUT2D eigenvalue weighted by atomic mass is 9.89. The summed E-state index contributed by atoms with van der Waals surface area (Å²) in [4.78, 5) is 12.3. The van der Waals surface area contributed by atoms with Crippen LogP contribution in [0.3, 0.4) is 0 Å². The molecule has 0 radical (unpaired) electrons. The first kappa shape index (κ1) is 15.3. The lowest BCUT2D eigenvalue weighted by Gasteiger charge is -2.45. The van der Waals surface area contributed by atoms with Gasteiger partial charge in [0.15, 0.2) is 5.11 Å². The van der Waals surface area contributed by atoms with Gasteiger partial charge in [0, 0.05) is 0 Å². The minimum Gasteiger partial charge on any atom is -0.345 e. The normalized spacial score (nSPS) is 29.3. The van der Waals surface area contributed by atoms with Crippen molar-refractivity contribution in [3.05, 3.63) is 71.8 Å². The predicted octanol–water partition coefficient (Wildman–Crippen LogP) is 1.36. The number of hydrogen-bond acceptors (Lipinski definition) is 4. The van der Waals surface area contributed by atoms with E-state index in [1.54, 1.807) is 0 Å². The van der Waals surface area contributed by atoms with Crippen molar-refractivity contribution in [2.45, 2.75) is 24.3 Å². The molecule has 2 saturated heterocycles. The van der Waals surface area contributed by atoms with Gasteiger partial charge >= 0.3 is 0 Å². The van der Waals surface area contributed by atoms with Crippen LogP contribution >= 0.6 is 12.2 Å². The van der Waals surface area contributed by atoms with E-state index in [0.29, 0.717) is 5.11 Å². The van der Waals surface area contributed by atoms with E-state index in [1.165, 1.54) is 0 Å². The Morgan fingerprint density at radius 1 is 0.750 bits per heavy atom. The number of nitrogens with one attached hydrogen (secondary N) is 4. The van der Waals surface area contributed by atoms with E-state index >= 15 is 0 Å². The third-order valence-corrected chi connectivity index (χ3v) is 4.73. The fraction of sp³-hybridized carbons (Fsp3) is 0.222. The molecule has 2 aliphatic heterocycles. The van der Waals surface area contributed by atoms with Gasteiger partial charge in [0.2, 0.25) is 5.91 Å². The number of amides is 1. The molecular formula is C18H18N4OS. The van der Waals surface area contributed by atoms with Crippen LogP contribution in [0.2, 0.25) is 0 Å². The Morgan fingerprint density at radius 2 is 1.29 bits per heavy atom. The number of thiocarbonyl (C=S) groups is 1. The molecule has 6 heteroatoms. The van der Waals surface area contributed by atoms with Crippen LogP contribution in [0, 0.1) is 0 Å². The highest BCUT2D eigenvalue weighted by atomic mass is 32.1. The number of fused-ring (bicyclic) bond motifs is 1. The van der Waals surface area contributed by atoms with Crippen LogP contribution in [0.1, 0.15) is 23.2 Å². The van der Waals surface area contributed by atoms with E-state index in [-0.39, 0.29) is 30.2 Å². The maximum Gasteiger partial charge on any atom is 0.246 e. The topological polar surface area (TPSA) is 65.2 Å². The van der Waals surface area contributed by atoms with Crippen molar-refractivity contribution < 1.29 is 4.79 Å². The van der Waals surface area contributed by atoms with E-state index in [2.05, 4.69) is 45.5 Å². The van der Waals surface area contributed by atoms with Gasteiger partial charge in [-0.3, -0.25) is 15.4 Å². The molecule has 0 spiro atoms. The zero-order valence-electron chi connectivity index (χ0n) is 12.9. The van der Waals surface area contributed by atoms with Crippen LogP contribution < -0.4 is 21.3 Å². The predicted molar refractivity (Wildman–Crippen MR) is 96.1 cm³/mol. The SMILES string of the molecule is O=C1NC(=S)NC2NC(c3ccccc3)C(c3ccccc3)NC12. The summed E-state index contributed by atoms with van der Waals surface area (Å²) in [6.07, 6.45) is -0.239. The molecule has 0 saturated carbocycles. The van der Waals surface area contributed by atoms with E-state index < -0.39 is 0 Å². The second-order valence-corrected chi connectivity index (χ2v) is 6.44. The highest BCUT2D eigenvalue weighted by Gasteiger charge is 2.43. The molecule has 2 aromatic rings. The molecule has 122 valence electrons. The monoisotopic (exact) mass is 338 g/mol. The standard InChI is InChI=1S/C18H18N4OS/c23-17-15-16(21-18(24)22-17)20-14(12-9-5-2-6-10-12)13(19-15)11-7-3-1-4-8-11/h1-10,13-16,19-20H,(H2,21,22,23,24). The van der Waals surface area contributed by atoms with E-state index in [1.807, 2.05) is 36.4 Å². The van der Waals surface area contributed by atoms with Crippen molar-refractivity contribution in [1.29, 1.82) is 0 Å². The average Bonchev–Trinajstić information content (AvgIpc) is 2.62. The molecule has 4 unspecified atom stereocenters. The van der Waals surface area contributed by atoms with Crippen molar-refractivity contribution in [3.8, 4) is 0 Å². The first-order valence-electron chi connectivity index (χ1n) is 7.96. The Bertz CT molecular complexity index is 752. The van der Waals surface area contributed by atoms with E-state index in [0.717, 1.165) is 11.1 Å². The van der Waals surface area contributed by atoms with Crippen molar-refractivity contribution in [2.75, 3.05) is 0 Å². The Morgan fingerprint density at radius 3 is 1.88 bits per heavy atom. The van der Waals surface area contributed by atoms with Crippen molar-refractivity contribution in [3.63, 3.8) is 0 Å². The molecule has 2 heterocycles. The van der Waals surface area contributed by atoms with Gasteiger partial charge in [-0.2, -0.15) is 0 Å². The fourth-order valence-corrected chi connectivity index (χ4v) is 3.62. The molecular weight excluding hydrogens is 320 g/mol. The largest absolute Gasteiger partial charge is 0.345 e. The Balaban J connectivity index is 1.71. The maximum atomic E-state index is 12.3. The summed E-state index contributed by atoms with van der Waals surface area (Å²) in [6, 6.07) is 20.0. The number of hydrogen-bond donors (Lipinski definition) is 4. The molecule has 5 nitrogen and oxygen atoms in total. The summed E-state index contributed by atoms with van der Waals surface area (Å²) in [6.45, 7) is 0. The van der Waals surface area contributed by atoms with Crippen molar-refractivity contribution in [2.24, 2.45) is 0 Å². The summed E-state index contributed by atoms with van der Waals surface area (Å²) < 4.78 is 0. The van der Waals surface area contributed by atoms with Gasteiger partial charge in [-0.15, -0.1) is 0 Å². The first-order chi connectivity index (χ1) is 11.7. The minimum atomic E-state index is -0.387. The highest BCUT2D eigenvalue weighted by Crippen LogP contribution is 2.33. The summed E-state index contributed by atoms with van der Waals surface area (Å²) >= 11 is 5.12. The van der Waals surface area contributed by atoms with Gasteiger partial charge in [-0.05, 0) is 23.3 Å². The van der Waals surface area contributed by atoms with Crippen LogP contribution in [-0.4, -0.2) is 23.2 Å². The zero-order valence-corrected chi connectivity index (χ0v) is 13.7. The van der Waals surface area contributed by atoms with E-state index in [4.69, 9.17) is 12.2 Å². The van der Waals surface area contributed by atoms with Gasteiger partial charge in [-0.25, -0.2) is 0 Å². The van der Waals surface area contributed by atoms with Crippen LogP contribution in [-0.2, 0) is 4.79 Å². The summed E-state index contributed by atoms with van der Waals surface area (Å²) in [7, 11) is 0. The highest BCUT2D eigenvalue weighted by molar-refractivity contribution is 7.80. The molecule has 24 heavy (non-hydrogen) atoms. The quantitative estimate of drug-likeness (QED) is 0.623. The molecule has 0 aromatic heterocycles. The molecule has 0 bridgehead atoms. The third kappa shape index (κ3) is 2.80. The molecule has 1 amide bonds. The average molecular weight is 338 g/mol. The Hall–Kier alpha value is -2.28. The minimum absolute atomic E-state index is 0.0194. The maximum absolute atomic E-state index is 12.3. The fourth-order valence-electron chi connectivity index (χ4n) is 3.39. The summed E-state index contributed by atoms with van der Waals surface area (Å²) in [5.41, 5.74) is 2.30. The Labute approximate surface area is 145 Å². The number of rotatable bonds is 2. The smallest absolute Gasteiger partial charge is 0.246 e. The van der Waals surface area contributed by atoms with Gasteiger partial charge in [0.1, 0.15) is 12.2 Å². The zero-order chi connectivity index (χ0) is 16.5. The molecule has 2 aliphatic rings. The molecule has 4 atom stereocenters. The number of piperazine rings is 1. The Kier molecular flexibility index (Phi) is 4.02. The van der Waals surface area contributed by atoms with Gasteiger partial charge < -0.3 is 10.6 Å². The first-order valence-corrected chi connectivity index (χ1v) is 8.36. The van der Waals surface area contributed by atoms with Crippen LogP contribution in [0.25, 0.3) is 0 Å². The second-order valence-electron chi connectivity index (χ2n) is 6.03. The lowest BCUT2D eigenvalue weighted by Crippen LogP contribution is -2.74. The van der Waals surface area contributed by atoms with Crippen LogP contribution in [0.15, 0.2) is 60.7 Å². The third-order valence-electron chi connectivity index (χ3n) is 4.51. The molecule has 2 fully saturated rings. The number of benzene rings is 2. The molecule has 0 aliphatic carbocycles. The summed E-state index contributed by atoms with van der Waals surface area (Å²) in [5.74, 6) is -0.108. The molecule has 2 aromatic carbocycles. The van der Waals surface area contributed by atoms with E-state index in [9.17, 15) is 4.79 Å². The second kappa shape index (κ2) is 6.32. The van der Waals surface area contributed by atoms with Crippen molar-refractivity contribution in [1.82, 2.24) is 21.3 Å². The van der Waals surface area contributed by atoms with Crippen molar-refractivity contribution >= 4 is 23.2 Å². The van der Waals surface area contributed by atoms with Crippen LogP contribution in [0.5, 0.6) is 0 Å². The summed E-state index contributed by atoms with van der Waals surface area (Å²) in [5, 5.41) is 13.2.